The highest BCUT2D eigenvalue weighted by molar-refractivity contribution is 9.69. The quantitative estimate of drug-likeness (QED) is 0.0303. The molecule has 2 aliphatic heterocycles. The van der Waals surface area contributed by atoms with Crippen LogP contribution in [0.3, 0.4) is 0 Å². The van der Waals surface area contributed by atoms with Gasteiger partial charge in [0.25, 0.3) is 0 Å². The Bertz CT molecular complexity index is 2480. The van der Waals surface area contributed by atoms with E-state index in [1.165, 1.54) is 22.9 Å². The highest BCUT2D eigenvalue weighted by Crippen LogP contribution is 2.51. The largest absolute Gasteiger partial charge is 0.508 e. The summed E-state index contributed by atoms with van der Waals surface area (Å²) in [7, 11) is 0.291. The van der Waals surface area contributed by atoms with Crippen LogP contribution in [0.25, 0.3) is 0 Å². The van der Waals surface area contributed by atoms with Gasteiger partial charge in [0, 0.05) is 94.7 Å². The van der Waals surface area contributed by atoms with Gasteiger partial charge in [0.2, 0.25) is 0 Å². The first-order valence-corrected chi connectivity index (χ1v) is 33.5. The number of unbranched alkanes of at least 4 members (excludes halogenated alkanes) is 12. The molecular formula is C59H78BBr3F10N2O5S2. The highest BCUT2D eigenvalue weighted by Gasteiger charge is 2.57. The van der Waals surface area contributed by atoms with Gasteiger partial charge in [-0.15, -0.1) is 47.3 Å². The molecule has 4 heterocycles. The number of nitrogens with zero attached hydrogens (tertiary/aromatic N) is 2. The van der Waals surface area contributed by atoms with Crippen molar-refractivity contribution in [1.82, 2.24) is 9.97 Å². The number of ether oxygens (including phenoxy) is 3. The summed E-state index contributed by atoms with van der Waals surface area (Å²) in [6, 6.07) is 19.6. The molecule has 4 aromatic rings. The van der Waals surface area contributed by atoms with E-state index in [1.807, 2.05) is 42.7 Å². The number of benzene rings is 2. The number of halogens is 13. The predicted molar refractivity (Wildman–Crippen MR) is 323 cm³/mol. The van der Waals surface area contributed by atoms with E-state index in [4.69, 9.17) is 14.2 Å². The molecule has 0 amide bonds. The Balaban J connectivity index is 0.000000331. The number of aromatic nitrogens is 2. The number of aromatic hydroxyl groups is 1. The van der Waals surface area contributed by atoms with Crippen LogP contribution in [0.5, 0.6) is 23.0 Å². The van der Waals surface area contributed by atoms with E-state index in [-0.39, 0.29) is 37.9 Å². The average molecular weight is 1400 g/mol. The number of hydrogen-bond donors (Lipinski definition) is 1. The summed E-state index contributed by atoms with van der Waals surface area (Å²) in [5.41, 5.74) is 4.21. The fraction of sp³-hybridized carbons (Fsp3) is 0.627. The summed E-state index contributed by atoms with van der Waals surface area (Å²) >= 11 is 10.8. The number of alkyl halides is 10. The maximum absolute atomic E-state index is 12.9. The summed E-state index contributed by atoms with van der Waals surface area (Å²) in [6.07, 6.45) is 9.85. The van der Waals surface area contributed by atoms with E-state index in [9.17, 15) is 53.2 Å². The van der Waals surface area contributed by atoms with Crippen molar-refractivity contribution in [2.75, 3.05) is 43.3 Å². The van der Waals surface area contributed by atoms with Crippen molar-refractivity contribution in [3.63, 3.8) is 0 Å². The first-order chi connectivity index (χ1) is 38.8. The molecule has 7 nitrogen and oxygen atoms in total. The minimum absolute atomic E-state index is 0.123. The number of rotatable bonds is 31. The van der Waals surface area contributed by atoms with E-state index < -0.39 is 54.3 Å². The molecule has 2 aliphatic rings. The molecule has 0 spiro atoms. The normalized spacial score (nSPS) is 19.2. The van der Waals surface area contributed by atoms with Crippen molar-refractivity contribution < 1.29 is 67.4 Å². The van der Waals surface area contributed by atoms with E-state index in [1.54, 1.807) is 31.6 Å². The second-order valence-corrected chi connectivity index (χ2v) is 30.8. The van der Waals surface area contributed by atoms with Crippen LogP contribution in [0.15, 0.2) is 85.5 Å². The van der Waals surface area contributed by atoms with Crippen LogP contribution in [0.1, 0.15) is 176 Å². The zero-order valence-corrected chi connectivity index (χ0v) is 53.3. The Morgan fingerprint density at radius 3 is 1.49 bits per heavy atom. The molecule has 2 aromatic heterocycles. The number of hydrogen-bond acceptors (Lipinski definition) is 8. The standard InChI is InChI=1S/C30H40F5NO2S.C29H38F5NO3S.BBr3/c1-28(23-12-10-17-36-21-23)22-38-27-20-24(37-2)14-15-25(27)26(28)13-8-6-4-3-5-7-9-18-39-19-11-16-29(31,32)30(33,34)35;1-27(22-11-9-16-35-20-22)21-38-26-19-23(36)13-14-24(26)25(27)12-7-5-3-2-4-6-8-17-39(37)18-10-15-28(30,31)29(32,33)34;2-1(3)4/h10,12,14-15,17,20-21,26H,3-9,11,13,16,18-19,22H2,1-2H3;9,11,13-14,16,19-20,25,36H,2-8,10,12,15,17-18,21H2,1H3;/t26-,28-;25-,27-,39?;/m11./s1. The number of pyridine rings is 2. The molecule has 1 unspecified atom stereocenters. The summed E-state index contributed by atoms with van der Waals surface area (Å²) in [4.78, 5) is 8.67. The van der Waals surface area contributed by atoms with Gasteiger partial charge in [-0.3, -0.25) is 14.2 Å². The fourth-order valence-corrected chi connectivity index (χ4v) is 12.7. The van der Waals surface area contributed by atoms with Crippen molar-refractivity contribution in [3.8, 4) is 23.0 Å². The summed E-state index contributed by atoms with van der Waals surface area (Å²) in [5, 5.41) is 9.91. The molecule has 0 aliphatic carbocycles. The Labute approximate surface area is 510 Å². The van der Waals surface area contributed by atoms with Crippen molar-refractivity contribution in [3.05, 3.63) is 108 Å². The lowest BCUT2D eigenvalue weighted by Gasteiger charge is -2.43. The number of phenolic OH excluding ortho intramolecular Hbond substituents is 1. The van der Waals surface area contributed by atoms with Crippen LogP contribution in [0.2, 0.25) is 0 Å². The molecule has 460 valence electrons. The zero-order valence-electron chi connectivity index (χ0n) is 46.9. The summed E-state index contributed by atoms with van der Waals surface area (Å²) in [5.74, 6) is -4.81. The van der Waals surface area contributed by atoms with Crippen molar-refractivity contribution in [2.45, 2.75) is 189 Å². The smallest absolute Gasteiger partial charge is 0.453 e. The Kier molecular flexibility index (Phi) is 30.7. The molecule has 0 saturated heterocycles. The first kappa shape index (κ1) is 71.7. The molecule has 2 aromatic carbocycles. The highest BCUT2D eigenvalue weighted by atomic mass is 79.9. The summed E-state index contributed by atoms with van der Waals surface area (Å²) < 4.78 is 155. The molecule has 82 heavy (non-hydrogen) atoms. The molecule has 0 radical (unpaired) electrons. The average Bonchev–Trinajstić information content (AvgIpc) is 3.61. The van der Waals surface area contributed by atoms with Crippen LogP contribution in [-0.4, -0.2) is 90.0 Å². The third kappa shape index (κ3) is 23.2. The van der Waals surface area contributed by atoms with Crippen LogP contribution >= 0.6 is 59.0 Å². The van der Waals surface area contributed by atoms with Crippen molar-refractivity contribution in [2.24, 2.45) is 0 Å². The zero-order chi connectivity index (χ0) is 60.5. The second kappa shape index (κ2) is 35.2. The predicted octanol–water partition coefficient (Wildman–Crippen LogP) is 19.6. The first-order valence-electron chi connectivity index (χ1n) is 28.1. The molecule has 5 atom stereocenters. The monoisotopic (exact) mass is 1400 g/mol. The topological polar surface area (TPSA) is 90.8 Å². The second-order valence-electron chi connectivity index (χ2n) is 21.5. The lowest BCUT2D eigenvalue weighted by molar-refractivity contribution is -0.284. The van der Waals surface area contributed by atoms with E-state index >= 15 is 0 Å². The van der Waals surface area contributed by atoms with Gasteiger partial charge < -0.3 is 19.3 Å². The van der Waals surface area contributed by atoms with Gasteiger partial charge in [-0.2, -0.15) is 55.7 Å². The Hall–Kier alpha value is -2.76. The van der Waals surface area contributed by atoms with Crippen LogP contribution in [0.4, 0.5) is 43.9 Å². The molecular weight excluding hydrogens is 1320 g/mol. The molecule has 0 saturated carbocycles. The fourth-order valence-electron chi connectivity index (χ4n) is 10.5. The van der Waals surface area contributed by atoms with Gasteiger partial charge in [-0.1, -0.05) is 115 Å². The number of fused-ring (bicyclic) bond motifs is 2. The Morgan fingerprint density at radius 1 is 0.610 bits per heavy atom. The van der Waals surface area contributed by atoms with Gasteiger partial charge in [0.15, 0.2) is 0 Å². The van der Waals surface area contributed by atoms with Crippen LogP contribution in [0, 0.1) is 0 Å². The van der Waals surface area contributed by atoms with E-state index in [0.29, 0.717) is 37.1 Å². The van der Waals surface area contributed by atoms with Crippen LogP contribution < -0.4 is 14.2 Å². The molecule has 6 rings (SSSR count). The third-order valence-electron chi connectivity index (χ3n) is 15.3. The molecule has 0 fully saturated rings. The van der Waals surface area contributed by atoms with Crippen LogP contribution in [-0.2, 0) is 21.6 Å². The number of phenols is 1. The van der Waals surface area contributed by atoms with Gasteiger partial charge in [-0.25, -0.2) is 0 Å². The van der Waals surface area contributed by atoms with E-state index in [0.717, 1.165) is 130 Å². The molecule has 0 bridgehead atoms. The number of thioether (sulfide) groups is 1. The maximum Gasteiger partial charge on any atom is 0.453 e. The lowest BCUT2D eigenvalue weighted by atomic mass is 9.66. The lowest BCUT2D eigenvalue weighted by Crippen LogP contribution is -2.40. The van der Waals surface area contributed by atoms with E-state index in [2.05, 4.69) is 89.3 Å². The summed E-state index contributed by atoms with van der Waals surface area (Å²) in [6.45, 7) is 5.57. The van der Waals surface area contributed by atoms with Gasteiger partial charge >= 0.3 is 27.4 Å². The minimum atomic E-state index is -5.55. The van der Waals surface area contributed by atoms with Gasteiger partial charge in [0.05, 0.1) is 20.3 Å². The Morgan fingerprint density at radius 2 is 1.02 bits per heavy atom. The minimum Gasteiger partial charge on any atom is -0.508 e. The molecule has 23 heteroatoms. The number of methoxy groups -OCH3 is 1. The SMILES string of the molecule is BrB(Br)Br.COc1ccc2c(c1)OC[C@](C)(c1cccnc1)[C@@H]2CCCCCCCCCSCCCC(F)(F)C(F)(F)F.C[C@]1(c2cccnc2)COc2cc(O)ccc2[C@H]1CCCCCCCCCS(=O)CCCC(F)(F)C(F)(F)F. The van der Waals surface area contributed by atoms with Crippen molar-refractivity contribution in [1.29, 1.82) is 0 Å². The third-order valence-corrected chi connectivity index (χ3v) is 18.0. The maximum atomic E-state index is 12.9. The molecule has 1 N–H and O–H groups in total. The van der Waals surface area contributed by atoms with Gasteiger partial charge in [-0.05, 0) is 96.5 Å². The van der Waals surface area contributed by atoms with Crippen molar-refractivity contribution >= 4 is 73.0 Å². The van der Waals surface area contributed by atoms with Gasteiger partial charge in [0.1, 0.15) is 23.0 Å².